The van der Waals surface area contributed by atoms with E-state index in [1.54, 1.807) is 7.11 Å². The molecule has 2 rings (SSSR count). The van der Waals surface area contributed by atoms with Gasteiger partial charge in [-0.1, -0.05) is 6.07 Å². The van der Waals surface area contributed by atoms with Gasteiger partial charge in [0.2, 0.25) is 5.95 Å². The first-order valence-corrected chi connectivity index (χ1v) is 6.59. The van der Waals surface area contributed by atoms with Crippen molar-refractivity contribution in [2.45, 2.75) is 13.5 Å². The molecule has 1 N–H and O–H groups in total. The Morgan fingerprint density at radius 3 is 2.70 bits per heavy atom. The molecule has 0 aliphatic rings. The number of methoxy groups -OCH3 is 1. The predicted molar refractivity (Wildman–Crippen MR) is 82.6 cm³/mol. The first-order valence-electron chi connectivity index (χ1n) is 6.59. The van der Waals surface area contributed by atoms with Gasteiger partial charge in [-0.25, -0.2) is 4.98 Å². The number of nitrogens with zero attached hydrogens (tertiary/aromatic N) is 3. The summed E-state index contributed by atoms with van der Waals surface area (Å²) in [5.41, 5.74) is 3.30. The molecule has 1 aromatic carbocycles. The molecule has 0 aliphatic heterocycles. The number of imidazole rings is 1. The quantitative estimate of drug-likeness (QED) is 0.909. The van der Waals surface area contributed by atoms with Gasteiger partial charge in [0, 0.05) is 21.1 Å². The molecule has 0 unspecified atom stereocenters. The predicted octanol–water partition coefficient (Wildman–Crippen LogP) is 2.42. The largest absolute Gasteiger partial charge is 0.495 e. The average molecular weight is 274 g/mol. The zero-order valence-corrected chi connectivity index (χ0v) is 12.8. The number of ether oxygens (including phenoxy) is 1. The summed E-state index contributed by atoms with van der Waals surface area (Å²) in [5, 5.41) is 3.40. The Balaban J connectivity index is 2.13. The maximum atomic E-state index is 5.40. The van der Waals surface area contributed by atoms with Crippen LogP contribution in [0.1, 0.15) is 11.3 Å². The third kappa shape index (κ3) is 2.87. The van der Waals surface area contributed by atoms with Crippen molar-refractivity contribution in [3.63, 3.8) is 0 Å². The molecule has 5 nitrogen and oxygen atoms in total. The summed E-state index contributed by atoms with van der Waals surface area (Å²) in [6, 6.07) is 6.13. The van der Waals surface area contributed by atoms with Crippen LogP contribution in [0.25, 0.3) is 0 Å². The van der Waals surface area contributed by atoms with Crippen LogP contribution in [-0.4, -0.2) is 30.8 Å². The Labute approximate surface area is 120 Å². The molecule has 0 spiro atoms. The molecule has 0 saturated heterocycles. The molecule has 108 valence electrons. The molecule has 0 bridgehead atoms. The summed E-state index contributed by atoms with van der Waals surface area (Å²) in [7, 11) is 7.69. The normalized spacial score (nSPS) is 10.4. The second-order valence-corrected chi connectivity index (χ2v) is 5.06. The Morgan fingerprint density at radius 2 is 2.10 bits per heavy atom. The fraction of sp³-hybridized carbons (Fsp3) is 0.400. The summed E-state index contributed by atoms with van der Waals surface area (Å²) in [4.78, 5) is 6.40. The van der Waals surface area contributed by atoms with Gasteiger partial charge >= 0.3 is 0 Å². The van der Waals surface area contributed by atoms with Crippen LogP contribution in [0.15, 0.2) is 24.4 Å². The number of aromatic nitrogens is 2. The molecule has 20 heavy (non-hydrogen) atoms. The number of anilines is 2. The smallest absolute Gasteiger partial charge is 0.204 e. The summed E-state index contributed by atoms with van der Waals surface area (Å²) < 4.78 is 7.47. The van der Waals surface area contributed by atoms with Crippen LogP contribution in [0.4, 0.5) is 11.6 Å². The maximum Gasteiger partial charge on any atom is 0.204 e. The molecule has 0 atom stereocenters. The van der Waals surface area contributed by atoms with E-state index in [2.05, 4.69) is 27.9 Å². The Morgan fingerprint density at radius 1 is 1.35 bits per heavy atom. The van der Waals surface area contributed by atoms with Gasteiger partial charge in [0.1, 0.15) is 5.75 Å². The first-order chi connectivity index (χ1) is 9.52. The first kappa shape index (κ1) is 14.2. The number of benzene rings is 1. The second-order valence-electron chi connectivity index (χ2n) is 5.06. The fourth-order valence-electron chi connectivity index (χ4n) is 2.14. The highest BCUT2D eigenvalue weighted by Crippen LogP contribution is 2.26. The minimum absolute atomic E-state index is 0.705. The summed E-state index contributed by atoms with van der Waals surface area (Å²) >= 11 is 0. The van der Waals surface area contributed by atoms with Crippen molar-refractivity contribution >= 4 is 11.6 Å². The van der Waals surface area contributed by atoms with Crippen LogP contribution < -0.4 is 15.0 Å². The van der Waals surface area contributed by atoms with E-state index in [9.17, 15) is 0 Å². The molecule has 5 heteroatoms. The van der Waals surface area contributed by atoms with Crippen molar-refractivity contribution in [2.75, 3.05) is 31.4 Å². The van der Waals surface area contributed by atoms with Crippen LogP contribution in [0.5, 0.6) is 5.75 Å². The molecular formula is C15H22N4O. The van der Waals surface area contributed by atoms with E-state index in [0.29, 0.717) is 6.54 Å². The third-order valence-corrected chi connectivity index (χ3v) is 3.28. The van der Waals surface area contributed by atoms with E-state index in [-0.39, 0.29) is 0 Å². The Kier molecular flexibility index (Phi) is 4.17. The van der Waals surface area contributed by atoms with Crippen molar-refractivity contribution < 1.29 is 4.74 Å². The van der Waals surface area contributed by atoms with Crippen molar-refractivity contribution in [1.29, 1.82) is 0 Å². The summed E-state index contributed by atoms with van der Waals surface area (Å²) in [6.07, 6.45) is 1.89. The average Bonchev–Trinajstić information content (AvgIpc) is 2.78. The molecule has 0 aliphatic carbocycles. The van der Waals surface area contributed by atoms with Gasteiger partial charge < -0.3 is 19.5 Å². The molecule has 1 heterocycles. The molecule has 0 amide bonds. The molecule has 2 aromatic rings. The van der Waals surface area contributed by atoms with Gasteiger partial charge in [-0.3, -0.25) is 0 Å². The number of nitrogens with one attached hydrogen (secondary N) is 1. The van der Waals surface area contributed by atoms with Gasteiger partial charge in [-0.2, -0.15) is 0 Å². The highest BCUT2D eigenvalue weighted by atomic mass is 16.5. The Hall–Kier alpha value is -2.17. The third-order valence-electron chi connectivity index (χ3n) is 3.28. The van der Waals surface area contributed by atoms with Gasteiger partial charge in [-0.05, 0) is 24.6 Å². The number of hydrogen-bond acceptors (Lipinski definition) is 4. The van der Waals surface area contributed by atoms with Crippen LogP contribution in [0, 0.1) is 6.92 Å². The second kappa shape index (κ2) is 5.86. The maximum absolute atomic E-state index is 5.40. The number of hydrogen-bond donors (Lipinski definition) is 1. The minimum Gasteiger partial charge on any atom is -0.495 e. The molecule has 0 radical (unpaired) electrons. The molecule has 0 saturated carbocycles. The fourth-order valence-corrected chi connectivity index (χ4v) is 2.14. The van der Waals surface area contributed by atoms with Gasteiger partial charge in [0.05, 0.1) is 31.2 Å². The topological polar surface area (TPSA) is 42.3 Å². The standard InChI is InChI=1S/C15H22N4O/c1-11-6-7-13(14(8-11)20-5)16-9-12-10-17-15(18(2)3)19(12)4/h6-8,10,16H,9H2,1-5H3. The van der Waals surface area contributed by atoms with E-state index < -0.39 is 0 Å². The van der Waals surface area contributed by atoms with Crippen LogP contribution in [-0.2, 0) is 13.6 Å². The lowest BCUT2D eigenvalue weighted by Gasteiger charge is -2.14. The highest BCUT2D eigenvalue weighted by Gasteiger charge is 2.09. The minimum atomic E-state index is 0.705. The van der Waals surface area contributed by atoms with Crippen LogP contribution >= 0.6 is 0 Å². The van der Waals surface area contributed by atoms with Crippen molar-refractivity contribution in [3.05, 3.63) is 35.7 Å². The zero-order chi connectivity index (χ0) is 14.7. The lowest BCUT2D eigenvalue weighted by Crippen LogP contribution is -2.15. The van der Waals surface area contributed by atoms with Crippen LogP contribution in [0.3, 0.4) is 0 Å². The lowest BCUT2D eigenvalue weighted by molar-refractivity contribution is 0.416. The van der Waals surface area contributed by atoms with E-state index in [0.717, 1.165) is 23.1 Å². The van der Waals surface area contributed by atoms with E-state index in [1.165, 1.54) is 5.56 Å². The summed E-state index contributed by atoms with van der Waals surface area (Å²) in [6.45, 7) is 2.76. The molecule has 0 fully saturated rings. The zero-order valence-electron chi connectivity index (χ0n) is 12.8. The van der Waals surface area contributed by atoms with Gasteiger partial charge in [0.15, 0.2) is 0 Å². The van der Waals surface area contributed by atoms with Crippen molar-refractivity contribution in [2.24, 2.45) is 7.05 Å². The Bertz CT molecular complexity index is 590. The van der Waals surface area contributed by atoms with E-state index in [1.807, 2.05) is 44.4 Å². The van der Waals surface area contributed by atoms with Crippen molar-refractivity contribution in [1.82, 2.24) is 9.55 Å². The lowest BCUT2D eigenvalue weighted by atomic mass is 10.2. The SMILES string of the molecule is COc1cc(C)ccc1NCc1cnc(N(C)C)n1C. The van der Waals surface area contributed by atoms with E-state index >= 15 is 0 Å². The highest BCUT2D eigenvalue weighted by molar-refractivity contribution is 5.57. The molecular weight excluding hydrogens is 252 g/mol. The van der Waals surface area contributed by atoms with Crippen molar-refractivity contribution in [3.8, 4) is 5.75 Å². The number of aryl methyl sites for hydroxylation is 1. The van der Waals surface area contributed by atoms with E-state index in [4.69, 9.17) is 4.74 Å². The monoisotopic (exact) mass is 274 g/mol. The number of rotatable bonds is 5. The van der Waals surface area contributed by atoms with Crippen LogP contribution in [0.2, 0.25) is 0 Å². The van der Waals surface area contributed by atoms with Gasteiger partial charge in [0.25, 0.3) is 0 Å². The summed E-state index contributed by atoms with van der Waals surface area (Å²) in [5.74, 6) is 1.80. The van der Waals surface area contributed by atoms with Gasteiger partial charge in [-0.15, -0.1) is 0 Å². The molecule has 1 aromatic heterocycles.